The van der Waals surface area contributed by atoms with Crippen LogP contribution >= 0.6 is 11.3 Å². The molecule has 0 bridgehead atoms. The van der Waals surface area contributed by atoms with Crippen molar-refractivity contribution in [2.45, 2.75) is 31.9 Å². The first-order valence-corrected chi connectivity index (χ1v) is 9.87. The number of alkyl halides is 3. The SMILES string of the molecule is O=C(Nc1cnc(-c2c(C(F)(F)F)sc3c2CCCC3)cn1)c1c(F)cccc1F. The smallest absolute Gasteiger partial charge is 0.305 e. The number of benzene rings is 1. The average Bonchev–Trinajstić information content (AvgIpc) is 3.09. The molecule has 0 saturated carbocycles. The highest BCUT2D eigenvalue weighted by Gasteiger charge is 2.39. The van der Waals surface area contributed by atoms with E-state index < -0.39 is 34.2 Å². The number of carbonyl (C=O) groups excluding carboxylic acids is 1. The van der Waals surface area contributed by atoms with Crippen molar-refractivity contribution in [2.75, 3.05) is 5.32 Å². The number of fused-ring (bicyclic) bond motifs is 1. The lowest BCUT2D eigenvalue weighted by Crippen LogP contribution is -2.16. The third-order valence-corrected chi connectivity index (χ3v) is 6.10. The molecule has 1 N–H and O–H groups in total. The van der Waals surface area contributed by atoms with Gasteiger partial charge in [-0.3, -0.25) is 9.78 Å². The van der Waals surface area contributed by atoms with Gasteiger partial charge in [-0.1, -0.05) is 6.07 Å². The van der Waals surface area contributed by atoms with Crippen LogP contribution in [0.2, 0.25) is 0 Å². The van der Waals surface area contributed by atoms with Crippen molar-refractivity contribution in [2.24, 2.45) is 0 Å². The number of hydrogen-bond acceptors (Lipinski definition) is 4. The summed E-state index contributed by atoms with van der Waals surface area (Å²) in [7, 11) is 0. The zero-order valence-corrected chi connectivity index (χ0v) is 16.1. The summed E-state index contributed by atoms with van der Waals surface area (Å²) in [6.07, 6.45) is 0.437. The Morgan fingerprint density at radius 2 is 1.73 bits per heavy atom. The van der Waals surface area contributed by atoms with E-state index in [4.69, 9.17) is 0 Å². The molecule has 1 amide bonds. The van der Waals surface area contributed by atoms with Crippen LogP contribution in [0.4, 0.5) is 27.8 Å². The Morgan fingerprint density at radius 1 is 1.03 bits per heavy atom. The van der Waals surface area contributed by atoms with E-state index in [2.05, 4.69) is 15.3 Å². The summed E-state index contributed by atoms with van der Waals surface area (Å²) >= 11 is 0.733. The topological polar surface area (TPSA) is 54.9 Å². The molecule has 1 aliphatic carbocycles. The minimum atomic E-state index is -4.52. The molecule has 30 heavy (non-hydrogen) atoms. The molecule has 0 atom stereocenters. The number of amides is 1. The molecule has 0 spiro atoms. The van der Waals surface area contributed by atoms with Gasteiger partial charge in [-0.2, -0.15) is 13.2 Å². The molecule has 1 aromatic carbocycles. The van der Waals surface area contributed by atoms with Gasteiger partial charge in [0.15, 0.2) is 5.82 Å². The number of anilines is 1. The van der Waals surface area contributed by atoms with E-state index >= 15 is 0 Å². The zero-order chi connectivity index (χ0) is 21.5. The summed E-state index contributed by atoms with van der Waals surface area (Å²) in [6, 6.07) is 2.99. The van der Waals surface area contributed by atoms with E-state index in [0.29, 0.717) is 23.3 Å². The van der Waals surface area contributed by atoms with Crippen molar-refractivity contribution >= 4 is 23.1 Å². The number of hydrogen-bond donors (Lipinski definition) is 1. The summed E-state index contributed by atoms with van der Waals surface area (Å²) in [6.45, 7) is 0. The molecule has 0 unspecified atom stereocenters. The summed E-state index contributed by atoms with van der Waals surface area (Å²) in [5.74, 6) is -3.30. The van der Waals surface area contributed by atoms with Crippen LogP contribution < -0.4 is 5.32 Å². The van der Waals surface area contributed by atoms with Crippen LogP contribution in [0.5, 0.6) is 0 Å². The fourth-order valence-electron chi connectivity index (χ4n) is 3.45. The number of carbonyl (C=O) groups is 1. The molecule has 10 heteroatoms. The zero-order valence-electron chi connectivity index (χ0n) is 15.3. The number of aryl methyl sites for hydroxylation is 1. The second kappa shape index (κ2) is 7.75. The number of halogens is 5. The number of nitrogens with zero attached hydrogens (tertiary/aromatic N) is 2. The Morgan fingerprint density at radius 3 is 2.37 bits per heavy atom. The maximum absolute atomic E-state index is 13.7. The number of nitrogens with one attached hydrogen (secondary N) is 1. The summed E-state index contributed by atoms with van der Waals surface area (Å²) in [5, 5.41) is 2.21. The van der Waals surface area contributed by atoms with E-state index in [1.165, 1.54) is 0 Å². The average molecular weight is 439 g/mol. The van der Waals surface area contributed by atoms with Gasteiger partial charge in [0, 0.05) is 10.4 Å². The second-order valence-electron chi connectivity index (χ2n) is 6.75. The molecule has 2 aromatic heterocycles. The predicted molar refractivity (Wildman–Crippen MR) is 101 cm³/mol. The Labute approximate surface area is 171 Å². The molecule has 0 saturated heterocycles. The van der Waals surface area contributed by atoms with Crippen LogP contribution in [-0.2, 0) is 19.0 Å². The van der Waals surface area contributed by atoms with Crippen LogP contribution in [-0.4, -0.2) is 15.9 Å². The van der Waals surface area contributed by atoms with Crippen LogP contribution in [0.15, 0.2) is 30.6 Å². The van der Waals surface area contributed by atoms with Crippen LogP contribution in [0.25, 0.3) is 11.3 Å². The molecule has 0 aliphatic heterocycles. The summed E-state index contributed by atoms with van der Waals surface area (Å²) in [4.78, 5) is 20.1. The van der Waals surface area contributed by atoms with E-state index in [0.717, 1.165) is 54.8 Å². The fraction of sp³-hybridized carbons (Fsp3) is 0.250. The van der Waals surface area contributed by atoms with E-state index in [1.807, 2.05) is 0 Å². The first-order valence-electron chi connectivity index (χ1n) is 9.05. The molecule has 1 aliphatic rings. The van der Waals surface area contributed by atoms with Gasteiger partial charge in [0.2, 0.25) is 0 Å². The van der Waals surface area contributed by atoms with Gasteiger partial charge in [-0.05, 0) is 43.4 Å². The van der Waals surface area contributed by atoms with Crippen molar-refractivity contribution < 1.29 is 26.7 Å². The maximum atomic E-state index is 13.7. The Kier molecular flexibility index (Phi) is 5.27. The van der Waals surface area contributed by atoms with E-state index in [9.17, 15) is 26.7 Å². The number of thiophene rings is 1. The summed E-state index contributed by atoms with van der Waals surface area (Å²) < 4.78 is 68.2. The molecular weight excluding hydrogens is 425 g/mol. The Balaban J connectivity index is 1.65. The van der Waals surface area contributed by atoms with E-state index in [-0.39, 0.29) is 17.1 Å². The Hall–Kier alpha value is -2.88. The molecule has 2 heterocycles. The third kappa shape index (κ3) is 3.79. The number of aromatic nitrogens is 2. The monoisotopic (exact) mass is 439 g/mol. The van der Waals surface area contributed by atoms with Crippen LogP contribution in [0.3, 0.4) is 0 Å². The third-order valence-electron chi connectivity index (χ3n) is 4.77. The van der Waals surface area contributed by atoms with Crippen molar-refractivity contribution in [3.63, 3.8) is 0 Å². The molecule has 0 fully saturated rings. The maximum Gasteiger partial charge on any atom is 0.426 e. The molecule has 4 nitrogen and oxygen atoms in total. The lowest BCUT2D eigenvalue weighted by molar-refractivity contribution is -0.133. The van der Waals surface area contributed by atoms with Gasteiger partial charge >= 0.3 is 6.18 Å². The first-order chi connectivity index (χ1) is 14.3. The highest BCUT2D eigenvalue weighted by atomic mass is 32.1. The predicted octanol–water partition coefficient (Wildman–Crippen LogP) is 5.63. The minimum absolute atomic E-state index is 0.0210. The van der Waals surface area contributed by atoms with Crippen molar-refractivity contribution in [3.05, 3.63) is 63.1 Å². The summed E-state index contributed by atoms with van der Waals surface area (Å²) in [5.41, 5.74) is -0.0859. The quantitative estimate of drug-likeness (QED) is 0.538. The van der Waals surface area contributed by atoms with Crippen molar-refractivity contribution in [1.82, 2.24) is 9.97 Å². The molecule has 0 radical (unpaired) electrons. The van der Waals surface area contributed by atoms with Gasteiger partial charge in [-0.25, -0.2) is 13.8 Å². The lowest BCUT2D eigenvalue weighted by atomic mass is 9.93. The molecule has 4 rings (SSSR count). The van der Waals surface area contributed by atoms with Crippen molar-refractivity contribution in [3.8, 4) is 11.3 Å². The second-order valence-corrected chi connectivity index (χ2v) is 7.86. The van der Waals surface area contributed by atoms with Gasteiger partial charge in [0.25, 0.3) is 5.91 Å². The van der Waals surface area contributed by atoms with Gasteiger partial charge < -0.3 is 5.32 Å². The van der Waals surface area contributed by atoms with Gasteiger partial charge in [0.05, 0.1) is 18.1 Å². The largest absolute Gasteiger partial charge is 0.426 e. The van der Waals surface area contributed by atoms with Crippen LogP contribution in [0.1, 0.15) is 38.5 Å². The molecule has 156 valence electrons. The van der Waals surface area contributed by atoms with Gasteiger partial charge in [0.1, 0.15) is 22.1 Å². The molecule has 3 aromatic rings. The van der Waals surface area contributed by atoms with Crippen LogP contribution in [0, 0.1) is 11.6 Å². The van der Waals surface area contributed by atoms with Crippen molar-refractivity contribution in [1.29, 1.82) is 0 Å². The minimum Gasteiger partial charge on any atom is -0.305 e. The van der Waals surface area contributed by atoms with Gasteiger partial charge in [-0.15, -0.1) is 11.3 Å². The van der Waals surface area contributed by atoms with E-state index in [1.54, 1.807) is 0 Å². The molecular formula is C20H14F5N3OS. The Bertz CT molecular complexity index is 1090. The normalized spacial score (nSPS) is 13.8. The number of rotatable bonds is 3. The standard InChI is InChI=1S/C20H14F5N3OS/c21-11-5-3-6-12(22)17(11)19(29)28-15-9-26-13(8-27-15)16-10-4-1-2-7-14(10)30-18(16)20(23,24)25/h3,5-6,8-9H,1-2,4,7H2,(H,27,28,29). The fourth-order valence-corrected chi connectivity index (χ4v) is 4.72. The first kappa shape index (κ1) is 20.4. The highest BCUT2D eigenvalue weighted by molar-refractivity contribution is 7.12. The lowest BCUT2D eigenvalue weighted by Gasteiger charge is -2.13. The highest BCUT2D eigenvalue weighted by Crippen LogP contribution is 2.47.